The summed E-state index contributed by atoms with van der Waals surface area (Å²) >= 11 is 0. The predicted octanol–water partition coefficient (Wildman–Crippen LogP) is 19.7. The molecule has 0 fully saturated rings. The Bertz CT molecular complexity index is 3320. The maximum atomic E-state index is 2.52. The SMILES string of the molecule is Cc1cc(N(c2ccc(C3(c4ccc(N(c5cc(C)c(C)c(C)c5C)c5cc(C)c(C)c(C)c5C)cc4)c4ccccc4N(c4ccccc4)c4ccccc43)cc2)c2cc(C)c(C)c(C)c2C)c(C)c(C)c1C. The van der Waals surface area contributed by atoms with Crippen molar-refractivity contribution in [2.75, 3.05) is 14.7 Å². The fourth-order valence-corrected chi connectivity index (χ4v) is 12.1. The molecule has 0 radical (unpaired) electrons. The molecule has 10 rings (SSSR count). The molecular weight excluding hydrogens is 895 g/mol. The second-order valence-corrected chi connectivity index (χ2v) is 21.6. The molecule has 1 heterocycles. The molecule has 0 amide bonds. The van der Waals surface area contributed by atoms with Crippen LogP contribution in [0.4, 0.5) is 51.2 Å². The van der Waals surface area contributed by atoms with Gasteiger partial charge in [0.15, 0.2) is 0 Å². The van der Waals surface area contributed by atoms with Crippen molar-refractivity contribution in [3.05, 3.63) is 263 Å². The number of hydrogen-bond donors (Lipinski definition) is 0. The molecule has 74 heavy (non-hydrogen) atoms. The summed E-state index contributed by atoms with van der Waals surface area (Å²) < 4.78 is 0. The van der Waals surface area contributed by atoms with Crippen molar-refractivity contribution >= 4 is 51.2 Å². The molecule has 0 N–H and O–H groups in total. The highest BCUT2D eigenvalue weighted by atomic mass is 15.2. The lowest BCUT2D eigenvalue weighted by molar-refractivity contribution is 0.731. The molecule has 9 aromatic carbocycles. The van der Waals surface area contributed by atoms with Gasteiger partial charge in [0.1, 0.15) is 0 Å². The lowest BCUT2D eigenvalue weighted by Gasteiger charge is -2.46. The first-order valence-electron chi connectivity index (χ1n) is 26.5. The fraction of sp³-hybridized carbons (Fsp3) is 0.239. The highest BCUT2D eigenvalue weighted by Gasteiger charge is 2.46. The molecule has 3 heteroatoms. The Labute approximate surface area is 442 Å². The van der Waals surface area contributed by atoms with Crippen LogP contribution >= 0.6 is 0 Å². The maximum Gasteiger partial charge on any atom is 0.0742 e. The Hall–Kier alpha value is -7.62. The summed E-state index contributed by atoms with van der Waals surface area (Å²) in [7, 11) is 0. The lowest BCUT2D eigenvalue weighted by Crippen LogP contribution is -2.37. The number of fused-ring (bicyclic) bond motifs is 2. The number of nitrogens with zero attached hydrogens (tertiary/aromatic N) is 3. The van der Waals surface area contributed by atoms with E-state index in [4.69, 9.17) is 0 Å². The summed E-state index contributed by atoms with van der Waals surface area (Å²) in [6, 6.07) is 57.8. The zero-order valence-corrected chi connectivity index (χ0v) is 46.8. The average molecular weight is 968 g/mol. The Morgan fingerprint density at radius 3 is 0.878 bits per heavy atom. The van der Waals surface area contributed by atoms with Gasteiger partial charge in [0, 0.05) is 39.8 Å². The quantitative estimate of drug-likeness (QED) is 0.143. The van der Waals surface area contributed by atoms with E-state index in [1.54, 1.807) is 0 Å². The zero-order chi connectivity index (χ0) is 52.7. The van der Waals surface area contributed by atoms with Crippen LogP contribution in [0.15, 0.2) is 152 Å². The molecule has 3 nitrogen and oxygen atoms in total. The van der Waals surface area contributed by atoms with Gasteiger partial charge in [-0.15, -0.1) is 0 Å². The summed E-state index contributed by atoms with van der Waals surface area (Å²) in [5.41, 5.74) is 35.9. The molecule has 0 atom stereocenters. The van der Waals surface area contributed by atoms with Gasteiger partial charge in [0.05, 0.1) is 16.8 Å². The molecule has 0 aromatic heterocycles. The number of aryl methyl sites for hydroxylation is 4. The molecule has 0 spiro atoms. The van der Waals surface area contributed by atoms with Gasteiger partial charge in [-0.3, -0.25) is 0 Å². The van der Waals surface area contributed by atoms with E-state index in [0.717, 1.165) is 17.1 Å². The molecule has 0 aliphatic carbocycles. The van der Waals surface area contributed by atoms with Crippen molar-refractivity contribution in [1.29, 1.82) is 0 Å². The Morgan fingerprint density at radius 1 is 0.284 bits per heavy atom. The largest absolute Gasteiger partial charge is 0.310 e. The van der Waals surface area contributed by atoms with Crippen LogP contribution in [-0.2, 0) is 5.41 Å². The van der Waals surface area contributed by atoms with Crippen LogP contribution in [-0.4, -0.2) is 0 Å². The van der Waals surface area contributed by atoms with Gasteiger partial charge in [-0.1, -0.05) is 78.9 Å². The zero-order valence-electron chi connectivity index (χ0n) is 46.8. The fourth-order valence-electron chi connectivity index (χ4n) is 12.1. The minimum absolute atomic E-state index is 0.703. The molecule has 0 unspecified atom stereocenters. The number of hydrogen-bond acceptors (Lipinski definition) is 3. The van der Waals surface area contributed by atoms with Gasteiger partial charge >= 0.3 is 0 Å². The molecule has 0 bridgehead atoms. The normalized spacial score (nSPS) is 12.7. The van der Waals surface area contributed by atoms with E-state index in [1.807, 2.05) is 0 Å². The van der Waals surface area contributed by atoms with Crippen LogP contribution in [0.2, 0.25) is 0 Å². The van der Waals surface area contributed by atoms with Crippen LogP contribution in [0.5, 0.6) is 0 Å². The van der Waals surface area contributed by atoms with E-state index in [1.165, 1.54) is 145 Å². The van der Waals surface area contributed by atoms with Gasteiger partial charge in [0.25, 0.3) is 0 Å². The minimum atomic E-state index is -0.703. The van der Waals surface area contributed by atoms with Crippen molar-refractivity contribution in [1.82, 2.24) is 0 Å². The highest BCUT2D eigenvalue weighted by molar-refractivity contribution is 5.91. The van der Waals surface area contributed by atoms with Crippen molar-refractivity contribution in [2.45, 2.75) is 116 Å². The van der Waals surface area contributed by atoms with Crippen LogP contribution in [0, 0.1) is 111 Å². The van der Waals surface area contributed by atoms with E-state index in [-0.39, 0.29) is 0 Å². The standard InChI is InChI=1S/C71H73N3/c1-42-38-67(54(13)50(9)46(42)5)73(68-39-43(2)47(6)51(10)55(68)14)61-34-30-58(31-35-61)71(63-26-20-22-28-65(63)72(60-24-18-17-19-25-60)66-29-23-21-27-64(66)71)59-32-36-62(37-33-59)74(69-40-44(3)48(7)52(11)56(69)15)70-41-45(4)49(8)53(12)57(70)16/h17-41H,1-16H3. The summed E-state index contributed by atoms with van der Waals surface area (Å²) in [6.45, 7) is 36.3. The topological polar surface area (TPSA) is 9.72 Å². The third-order valence-electron chi connectivity index (χ3n) is 18.0. The third-order valence-corrected chi connectivity index (χ3v) is 18.0. The van der Waals surface area contributed by atoms with Gasteiger partial charge in [0.2, 0.25) is 0 Å². The molecule has 0 saturated heterocycles. The first kappa shape index (κ1) is 49.9. The molecule has 372 valence electrons. The van der Waals surface area contributed by atoms with Crippen LogP contribution < -0.4 is 14.7 Å². The second-order valence-electron chi connectivity index (χ2n) is 21.6. The molecule has 0 saturated carbocycles. The smallest absolute Gasteiger partial charge is 0.0742 e. The monoisotopic (exact) mass is 968 g/mol. The highest BCUT2D eigenvalue weighted by Crippen LogP contribution is 2.58. The first-order valence-corrected chi connectivity index (χ1v) is 26.5. The summed E-state index contributed by atoms with van der Waals surface area (Å²) in [6.07, 6.45) is 0. The van der Waals surface area contributed by atoms with E-state index in [9.17, 15) is 0 Å². The Kier molecular flexibility index (Phi) is 12.8. The van der Waals surface area contributed by atoms with Crippen LogP contribution in [0.1, 0.15) is 111 Å². The molecular formula is C71H73N3. The van der Waals surface area contributed by atoms with Crippen molar-refractivity contribution in [3.8, 4) is 0 Å². The maximum absolute atomic E-state index is 2.52. The summed E-state index contributed by atoms with van der Waals surface area (Å²) in [5, 5.41) is 0. The van der Waals surface area contributed by atoms with Crippen molar-refractivity contribution in [3.63, 3.8) is 0 Å². The van der Waals surface area contributed by atoms with Gasteiger partial charge < -0.3 is 14.7 Å². The molecule has 1 aliphatic heterocycles. The van der Waals surface area contributed by atoms with Crippen LogP contribution in [0.25, 0.3) is 0 Å². The average Bonchev–Trinajstić information content (AvgIpc) is 3.45. The number of anilines is 9. The van der Waals surface area contributed by atoms with Crippen LogP contribution in [0.3, 0.4) is 0 Å². The number of rotatable bonds is 9. The molecule has 1 aliphatic rings. The van der Waals surface area contributed by atoms with E-state index in [0.29, 0.717) is 0 Å². The van der Waals surface area contributed by atoms with E-state index in [2.05, 4.69) is 277 Å². The Balaban J connectivity index is 1.25. The van der Waals surface area contributed by atoms with Gasteiger partial charge in [-0.2, -0.15) is 0 Å². The third kappa shape index (κ3) is 7.78. The molecule has 9 aromatic rings. The first-order chi connectivity index (χ1) is 35.4. The predicted molar refractivity (Wildman–Crippen MR) is 318 cm³/mol. The number of benzene rings is 9. The van der Waals surface area contributed by atoms with E-state index < -0.39 is 5.41 Å². The second kappa shape index (κ2) is 19.0. The minimum Gasteiger partial charge on any atom is -0.310 e. The summed E-state index contributed by atoms with van der Waals surface area (Å²) in [4.78, 5) is 7.51. The van der Waals surface area contributed by atoms with E-state index >= 15 is 0 Å². The van der Waals surface area contributed by atoms with Gasteiger partial charge in [-0.25, -0.2) is 0 Å². The van der Waals surface area contributed by atoms with Crippen molar-refractivity contribution < 1.29 is 0 Å². The number of para-hydroxylation sites is 3. The summed E-state index contributed by atoms with van der Waals surface area (Å²) in [5.74, 6) is 0. The van der Waals surface area contributed by atoms with Crippen molar-refractivity contribution in [2.24, 2.45) is 0 Å². The lowest BCUT2D eigenvalue weighted by atomic mass is 9.62. The Morgan fingerprint density at radius 2 is 0.568 bits per heavy atom. The van der Waals surface area contributed by atoms with Gasteiger partial charge in [-0.05, 0) is 295 Å².